The van der Waals surface area contributed by atoms with E-state index in [2.05, 4.69) is 5.32 Å². The topological polar surface area (TPSA) is 56.8 Å². The number of methoxy groups -OCH3 is 1. The largest absolute Gasteiger partial charge is 0.496 e. The van der Waals surface area contributed by atoms with Crippen molar-refractivity contribution < 1.29 is 19.0 Å². The lowest BCUT2D eigenvalue weighted by Crippen LogP contribution is -2.23. The number of ketones is 1. The van der Waals surface area contributed by atoms with Crippen LogP contribution in [0.3, 0.4) is 0 Å². The predicted octanol–water partition coefficient (Wildman–Crippen LogP) is 3.83. The Balaban J connectivity index is 1.67. The summed E-state index contributed by atoms with van der Waals surface area (Å²) in [6.07, 6.45) is 3.39. The molecule has 0 radical (unpaired) electrons. The van der Waals surface area contributed by atoms with Gasteiger partial charge in [-0.1, -0.05) is 12.1 Å². The third kappa shape index (κ3) is 3.28. The highest BCUT2D eigenvalue weighted by Crippen LogP contribution is 2.48. The zero-order valence-electron chi connectivity index (χ0n) is 15.8. The molecule has 1 fully saturated rings. The molecule has 5 heteroatoms. The number of ether oxygens (including phenoxy) is 3. The minimum absolute atomic E-state index is 0.0113. The molecule has 142 valence electrons. The Morgan fingerprint density at radius 2 is 1.96 bits per heavy atom. The fourth-order valence-electron chi connectivity index (χ4n) is 4.00. The molecule has 2 aromatic carbocycles. The van der Waals surface area contributed by atoms with E-state index in [1.54, 1.807) is 13.2 Å². The first-order chi connectivity index (χ1) is 13.2. The molecule has 1 N–H and O–H groups in total. The molecule has 27 heavy (non-hydrogen) atoms. The fourth-order valence-corrected chi connectivity index (χ4v) is 4.00. The van der Waals surface area contributed by atoms with Gasteiger partial charge in [-0.05, 0) is 44.9 Å². The van der Waals surface area contributed by atoms with Crippen molar-refractivity contribution in [2.45, 2.75) is 32.2 Å². The average molecular weight is 367 g/mol. The summed E-state index contributed by atoms with van der Waals surface area (Å²) in [5.74, 6) is 2.00. The number of benzene rings is 2. The van der Waals surface area contributed by atoms with Crippen molar-refractivity contribution in [1.82, 2.24) is 5.32 Å². The Kier molecular flexibility index (Phi) is 5.03. The average Bonchev–Trinajstić information content (AvgIpc) is 3.29. The van der Waals surface area contributed by atoms with Gasteiger partial charge >= 0.3 is 0 Å². The second-order valence-electron chi connectivity index (χ2n) is 6.92. The Bertz CT molecular complexity index is 856. The van der Waals surface area contributed by atoms with Gasteiger partial charge in [0.25, 0.3) is 0 Å². The Labute approximate surface area is 159 Å². The molecule has 1 aliphatic heterocycles. The van der Waals surface area contributed by atoms with E-state index in [0.717, 1.165) is 29.8 Å². The zero-order chi connectivity index (χ0) is 18.8. The van der Waals surface area contributed by atoms with Gasteiger partial charge in [-0.3, -0.25) is 4.79 Å². The van der Waals surface area contributed by atoms with Crippen molar-refractivity contribution in [1.29, 1.82) is 0 Å². The molecule has 0 amide bonds. The summed E-state index contributed by atoms with van der Waals surface area (Å²) in [5, 5.41) is 3.49. The highest BCUT2D eigenvalue weighted by Gasteiger charge is 2.33. The number of rotatable bonds is 7. The van der Waals surface area contributed by atoms with Gasteiger partial charge in [0.15, 0.2) is 5.78 Å². The number of hydrogen-bond acceptors (Lipinski definition) is 5. The van der Waals surface area contributed by atoms with E-state index in [9.17, 15) is 4.79 Å². The second kappa shape index (κ2) is 7.61. The van der Waals surface area contributed by atoms with Crippen LogP contribution in [0.2, 0.25) is 0 Å². The maximum absolute atomic E-state index is 13.0. The molecular weight excluding hydrogens is 342 g/mol. The Morgan fingerprint density at radius 1 is 1.11 bits per heavy atom. The Morgan fingerprint density at radius 3 is 2.70 bits per heavy atom. The maximum Gasteiger partial charge on any atom is 0.194 e. The summed E-state index contributed by atoms with van der Waals surface area (Å²) in [4.78, 5) is 13.0. The number of carbonyl (C=O) groups excluding carboxylic acids is 1. The van der Waals surface area contributed by atoms with Gasteiger partial charge in [-0.25, -0.2) is 0 Å². The van der Waals surface area contributed by atoms with E-state index < -0.39 is 0 Å². The van der Waals surface area contributed by atoms with E-state index in [-0.39, 0.29) is 5.78 Å². The first-order valence-corrected chi connectivity index (χ1v) is 9.62. The highest BCUT2D eigenvalue weighted by molar-refractivity contribution is 6.23. The van der Waals surface area contributed by atoms with Crippen LogP contribution < -0.4 is 19.5 Å². The van der Waals surface area contributed by atoms with Crippen LogP contribution in [-0.4, -0.2) is 38.7 Å². The van der Waals surface area contributed by atoms with E-state index in [4.69, 9.17) is 14.2 Å². The molecule has 2 aromatic rings. The van der Waals surface area contributed by atoms with Crippen molar-refractivity contribution in [3.8, 4) is 28.4 Å². The van der Waals surface area contributed by atoms with Crippen LogP contribution in [0.15, 0.2) is 30.3 Å². The number of carbonyl (C=O) groups is 1. The standard InChI is InChI=1S/C22H25NO4/c1-3-26-15-12-17-21(19(13-15)25-2)20-16(22(17)24)7-4-8-18(20)27-11-9-14-6-5-10-23-14/h4,7-8,12-14,23H,3,5-6,9-11H2,1-2H3. The predicted molar refractivity (Wildman–Crippen MR) is 104 cm³/mol. The van der Waals surface area contributed by atoms with E-state index in [0.29, 0.717) is 41.9 Å². The second-order valence-corrected chi connectivity index (χ2v) is 6.92. The third-order valence-electron chi connectivity index (χ3n) is 5.26. The van der Waals surface area contributed by atoms with Crippen LogP contribution in [0.5, 0.6) is 17.2 Å². The number of nitrogens with one attached hydrogen (secondary N) is 1. The number of fused-ring (bicyclic) bond motifs is 3. The molecule has 1 aliphatic carbocycles. The van der Waals surface area contributed by atoms with E-state index >= 15 is 0 Å². The molecule has 2 aliphatic rings. The van der Waals surface area contributed by atoms with Gasteiger partial charge in [-0.2, -0.15) is 0 Å². The van der Waals surface area contributed by atoms with Crippen molar-refractivity contribution in [3.05, 3.63) is 41.5 Å². The van der Waals surface area contributed by atoms with Gasteiger partial charge in [-0.15, -0.1) is 0 Å². The molecule has 5 nitrogen and oxygen atoms in total. The van der Waals surface area contributed by atoms with Crippen molar-refractivity contribution in [2.24, 2.45) is 0 Å². The summed E-state index contributed by atoms with van der Waals surface area (Å²) in [6, 6.07) is 9.82. The van der Waals surface area contributed by atoms with E-state index in [1.165, 1.54) is 12.8 Å². The van der Waals surface area contributed by atoms with Gasteiger partial charge in [0.1, 0.15) is 17.2 Å². The summed E-state index contributed by atoms with van der Waals surface area (Å²) in [5.41, 5.74) is 2.90. The zero-order valence-corrected chi connectivity index (χ0v) is 15.8. The monoisotopic (exact) mass is 367 g/mol. The van der Waals surface area contributed by atoms with Crippen LogP contribution >= 0.6 is 0 Å². The molecule has 0 bridgehead atoms. The highest BCUT2D eigenvalue weighted by atomic mass is 16.5. The van der Waals surface area contributed by atoms with Crippen LogP contribution in [-0.2, 0) is 0 Å². The van der Waals surface area contributed by atoms with Crippen LogP contribution in [0, 0.1) is 0 Å². The van der Waals surface area contributed by atoms with E-state index in [1.807, 2.05) is 31.2 Å². The molecule has 1 unspecified atom stereocenters. The molecule has 0 aromatic heterocycles. The quantitative estimate of drug-likeness (QED) is 0.688. The molecule has 1 heterocycles. The van der Waals surface area contributed by atoms with Gasteiger partial charge < -0.3 is 19.5 Å². The summed E-state index contributed by atoms with van der Waals surface area (Å²) in [6.45, 7) is 4.16. The lowest BCUT2D eigenvalue weighted by atomic mass is 10.0. The minimum atomic E-state index is -0.0113. The molecule has 0 spiro atoms. The molecule has 4 rings (SSSR count). The normalized spacial score (nSPS) is 17.6. The lowest BCUT2D eigenvalue weighted by molar-refractivity contribution is 0.104. The molecule has 0 saturated carbocycles. The fraction of sp³-hybridized carbons (Fsp3) is 0.409. The third-order valence-corrected chi connectivity index (χ3v) is 5.26. The Hall–Kier alpha value is -2.53. The van der Waals surface area contributed by atoms with Gasteiger partial charge in [0.05, 0.1) is 20.3 Å². The van der Waals surface area contributed by atoms with Crippen molar-refractivity contribution in [2.75, 3.05) is 26.9 Å². The lowest BCUT2D eigenvalue weighted by Gasteiger charge is -2.15. The van der Waals surface area contributed by atoms with Crippen molar-refractivity contribution in [3.63, 3.8) is 0 Å². The molecule has 1 saturated heterocycles. The number of hydrogen-bond donors (Lipinski definition) is 1. The summed E-state index contributed by atoms with van der Waals surface area (Å²) in [7, 11) is 1.61. The SMILES string of the molecule is CCOc1cc(OC)c2c(c1)C(=O)c1cccc(OCCC3CCCN3)c1-2. The van der Waals surface area contributed by atoms with Crippen LogP contribution in [0.4, 0.5) is 0 Å². The summed E-state index contributed by atoms with van der Waals surface area (Å²) < 4.78 is 17.3. The summed E-state index contributed by atoms with van der Waals surface area (Å²) >= 11 is 0. The van der Waals surface area contributed by atoms with Gasteiger partial charge in [0.2, 0.25) is 0 Å². The van der Waals surface area contributed by atoms with Crippen LogP contribution in [0.1, 0.15) is 42.1 Å². The maximum atomic E-state index is 13.0. The van der Waals surface area contributed by atoms with Gasteiger partial charge in [0, 0.05) is 34.4 Å². The van der Waals surface area contributed by atoms with Crippen molar-refractivity contribution >= 4 is 5.78 Å². The molecule has 1 atom stereocenters. The minimum Gasteiger partial charge on any atom is -0.496 e. The van der Waals surface area contributed by atoms with Crippen LogP contribution in [0.25, 0.3) is 11.1 Å². The first kappa shape index (κ1) is 17.9. The first-order valence-electron chi connectivity index (χ1n) is 9.62. The smallest absolute Gasteiger partial charge is 0.194 e. The molecular formula is C22H25NO4.